The molecule has 27 heavy (non-hydrogen) atoms. The standard InChI is InChI=1S/C17H16Cl2N2O5S/c1-10(21-27(24,25)15-9-11(18)7-8-13(15)19)16(22)20-14-6-4-3-5-12(14)17(23)26-2/h3-10,21H,1-2H3,(H,20,22)/t10-/m1/s1. The molecule has 2 N–H and O–H groups in total. The van der Waals surface area contributed by atoms with Gasteiger partial charge in [0.05, 0.1) is 29.4 Å². The van der Waals surface area contributed by atoms with Gasteiger partial charge in [-0.3, -0.25) is 4.79 Å². The number of hydrogen-bond acceptors (Lipinski definition) is 5. The second-order valence-electron chi connectivity index (χ2n) is 5.44. The van der Waals surface area contributed by atoms with E-state index >= 15 is 0 Å². The molecular weight excluding hydrogens is 415 g/mol. The summed E-state index contributed by atoms with van der Waals surface area (Å²) in [6.45, 7) is 1.35. The number of carbonyl (C=O) groups excluding carboxylic acids is 2. The fourth-order valence-electron chi connectivity index (χ4n) is 2.15. The molecule has 0 aromatic heterocycles. The predicted octanol–water partition coefficient (Wildman–Crippen LogP) is 3.09. The van der Waals surface area contributed by atoms with Crippen LogP contribution in [0, 0.1) is 0 Å². The monoisotopic (exact) mass is 430 g/mol. The number of esters is 1. The molecule has 0 unspecified atom stereocenters. The van der Waals surface area contributed by atoms with Crippen LogP contribution in [0.15, 0.2) is 47.4 Å². The van der Waals surface area contributed by atoms with E-state index in [2.05, 4.69) is 14.8 Å². The zero-order chi connectivity index (χ0) is 20.2. The first-order chi connectivity index (χ1) is 12.7. The second-order valence-corrected chi connectivity index (χ2v) is 7.97. The molecule has 0 heterocycles. The summed E-state index contributed by atoms with van der Waals surface area (Å²) >= 11 is 11.7. The second kappa shape index (κ2) is 8.71. The number of carbonyl (C=O) groups is 2. The quantitative estimate of drug-likeness (QED) is 0.685. The molecule has 0 fully saturated rings. The van der Waals surface area contributed by atoms with Crippen LogP contribution in [-0.2, 0) is 19.6 Å². The first-order valence-corrected chi connectivity index (χ1v) is 9.85. The molecule has 0 aliphatic carbocycles. The number of halogens is 2. The molecule has 7 nitrogen and oxygen atoms in total. The molecule has 0 saturated heterocycles. The van der Waals surface area contributed by atoms with Gasteiger partial charge in [-0.1, -0.05) is 35.3 Å². The fourth-order valence-corrected chi connectivity index (χ4v) is 4.12. The molecule has 2 rings (SSSR count). The SMILES string of the molecule is COC(=O)c1ccccc1NC(=O)[C@@H](C)NS(=O)(=O)c1cc(Cl)ccc1Cl. The van der Waals surface area contributed by atoms with E-state index in [1.165, 1.54) is 44.4 Å². The Balaban J connectivity index is 2.19. The third-order valence-electron chi connectivity index (χ3n) is 3.50. The van der Waals surface area contributed by atoms with Gasteiger partial charge in [-0.05, 0) is 37.3 Å². The molecule has 0 aliphatic heterocycles. The van der Waals surface area contributed by atoms with Gasteiger partial charge in [0, 0.05) is 5.02 Å². The van der Waals surface area contributed by atoms with E-state index in [1.54, 1.807) is 12.1 Å². The Labute approximate surface area is 166 Å². The maximum absolute atomic E-state index is 12.5. The van der Waals surface area contributed by atoms with Gasteiger partial charge in [-0.25, -0.2) is 13.2 Å². The third kappa shape index (κ3) is 5.20. The van der Waals surface area contributed by atoms with Crippen molar-refractivity contribution in [3.63, 3.8) is 0 Å². The zero-order valence-electron chi connectivity index (χ0n) is 14.3. The smallest absolute Gasteiger partial charge is 0.339 e. The number of benzene rings is 2. The van der Waals surface area contributed by atoms with Crippen molar-refractivity contribution in [2.45, 2.75) is 17.9 Å². The lowest BCUT2D eigenvalue weighted by molar-refractivity contribution is -0.117. The van der Waals surface area contributed by atoms with Crippen molar-refractivity contribution < 1.29 is 22.7 Å². The van der Waals surface area contributed by atoms with Gasteiger partial charge in [0.1, 0.15) is 4.90 Å². The predicted molar refractivity (Wildman–Crippen MR) is 103 cm³/mol. The van der Waals surface area contributed by atoms with Crippen LogP contribution < -0.4 is 10.0 Å². The van der Waals surface area contributed by atoms with Crippen LogP contribution >= 0.6 is 23.2 Å². The Morgan fingerprint density at radius 1 is 1.11 bits per heavy atom. The van der Waals surface area contributed by atoms with Crippen molar-refractivity contribution in [3.05, 3.63) is 58.1 Å². The first kappa shape index (κ1) is 21.2. The summed E-state index contributed by atoms with van der Waals surface area (Å²) in [5.41, 5.74) is 0.336. The zero-order valence-corrected chi connectivity index (χ0v) is 16.7. The minimum absolute atomic E-state index is 0.0319. The molecule has 1 atom stereocenters. The lowest BCUT2D eigenvalue weighted by Crippen LogP contribution is -2.41. The number of methoxy groups -OCH3 is 1. The molecule has 144 valence electrons. The van der Waals surface area contributed by atoms with Crippen LogP contribution in [0.3, 0.4) is 0 Å². The summed E-state index contributed by atoms with van der Waals surface area (Å²) in [6.07, 6.45) is 0. The van der Waals surface area contributed by atoms with Gasteiger partial charge in [0.25, 0.3) is 0 Å². The Kier molecular flexibility index (Phi) is 6.83. The Hall–Kier alpha value is -2.13. The molecule has 10 heteroatoms. The van der Waals surface area contributed by atoms with Crippen molar-refractivity contribution >= 4 is 50.8 Å². The van der Waals surface area contributed by atoms with E-state index in [0.29, 0.717) is 0 Å². The minimum atomic E-state index is -4.10. The fraction of sp³-hybridized carbons (Fsp3) is 0.176. The Morgan fingerprint density at radius 2 is 1.78 bits per heavy atom. The van der Waals surface area contributed by atoms with Crippen LogP contribution in [-0.4, -0.2) is 33.4 Å². The minimum Gasteiger partial charge on any atom is -0.465 e. The molecule has 2 aromatic carbocycles. The van der Waals surface area contributed by atoms with E-state index in [0.717, 1.165) is 0 Å². The van der Waals surface area contributed by atoms with Gasteiger partial charge in [0.15, 0.2) is 0 Å². The number of amides is 1. The number of sulfonamides is 1. The van der Waals surface area contributed by atoms with Gasteiger partial charge in [-0.2, -0.15) is 4.72 Å². The summed E-state index contributed by atoms with van der Waals surface area (Å²) in [4.78, 5) is 23.9. The number of hydrogen-bond donors (Lipinski definition) is 2. The molecule has 0 bridgehead atoms. The molecule has 0 spiro atoms. The van der Waals surface area contributed by atoms with E-state index in [1.807, 2.05) is 0 Å². The van der Waals surface area contributed by atoms with Crippen molar-refractivity contribution in [2.24, 2.45) is 0 Å². The number of para-hydroxylation sites is 1. The lowest BCUT2D eigenvalue weighted by Gasteiger charge is -2.16. The van der Waals surface area contributed by atoms with E-state index in [9.17, 15) is 18.0 Å². The van der Waals surface area contributed by atoms with Gasteiger partial charge in [-0.15, -0.1) is 0 Å². The largest absolute Gasteiger partial charge is 0.465 e. The van der Waals surface area contributed by atoms with Crippen molar-refractivity contribution in [2.75, 3.05) is 12.4 Å². The van der Waals surface area contributed by atoms with Crippen LogP contribution in [0.1, 0.15) is 17.3 Å². The Morgan fingerprint density at radius 3 is 2.44 bits per heavy atom. The number of nitrogens with one attached hydrogen (secondary N) is 2. The summed E-state index contributed by atoms with van der Waals surface area (Å²) in [5, 5.41) is 2.65. The Bertz CT molecular complexity index is 979. The van der Waals surface area contributed by atoms with Crippen LogP contribution in [0.4, 0.5) is 5.69 Å². The van der Waals surface area contributed by atoms with Crippen LogP contribution in [0.2, 0.25) is 10.0 Å². The third-order valence-corrected chi connectivity index (χ3v) is 5.76. The van der Waals surface area contributed by atoms with Gasteiger partial charge < -0.3 is 10.1 Å². The maximum Gasteiger partial charge on any atom is 0.339 e. The topological polar surface area (TPSA) is 102 Å². The highest BCUT2D eigenvalue weighted by Crippen LogP contribution is 2.25. The normalized spacial score (nSPS) is 12.3. The van der Waals surface area contributed by atoms with E-state index < -0.39 is 27.9 Å². The highest BCUT2D eigenvalue weighted by molar-refractivity contribution is 7.89. The highest BCUT2D eigenvalue weighted by Gasteiger charge is 2.25. The average Bonchev–Trinajstić information content (AvgIpc) is 2.63. The molecule has 0 aliphatic rings. The summed E-state index contributed by atoms with van der Waals surface area (Å²) in [6, 6.07) is 9.01. The van der Waals surface area contributed by atoms with Crippen molar-refractivity contribution in [1.82, 2.24) is 4.72 Å². The van der Waals surface area contributed by atoms with Crippen LogP contribution in [0.25, 0.3) is 0 Å². The number of anilines is 1. The van der Waals surface area contributed by atoms with Crippen molar-refractivity contribution in [3.8, 4) is 0 Å². The van der Waals surface area contributed by atoms with E-state index in [4.69, 9.17) is 23.2 Å². The highest BCUT2D eigenvalue weighted by atomic mass is 35.5. The lowest BCUT2D eigenvalue weighted by atomic mass is 10.1. The average molecular weight is 431 g/mol. The molecular formula is C17H16Cl2N2O5S. The number of rotatable bonds is 6. The van der Waals surface area contributed by atoms with Crippen molar-refractivity contribution in [1.29, 1.82) is 0 Å². The molecule has 0 saturated carbocycles. The maximum atomic E-state index is 12.5. The summed E-state index contributed by atoms with van der Waals surface area (Å²) in [7, 11) is -2.89. The van der Waals surface area contributed by atoms with Crippen LogP contribution in [0.5, 0.6) is 0 Å². The van der Waals surface area contributed by atoms with E-state index in [-0.39, 0.29) is 26.2 Å². The molecule has 0 radical (unpaired) electrons. The first-order valence-electron chi connectivity index (χ1n) is 7.61. The molecule has 2 aromatic rings. The molecule has 1 amide bonds. The van der Waals surface area contributed by atoms with Gasteiger partial charge in [0.2, 0.25) is 15.9 Å². The number of ether oxygens (including phenoxy) is 1. The summed E-state index contributed by atoms with van der Waals surface area (Å²) in [5.74, 6) is -1.31. The van der Waals surface area contributed by atoms with Gasteiger partial charge >= 0.3 is 5.97 Å². The summed E-state index contributed by atoms with van der Waals surface area (Å²) < 4.78 is 31.8.